The Balaban J connectivity index is 2.80. The van der Waals surface area contributed by atoms with Crippen LogP contribution in [0, 0.1) is 5.41 Å². The second-order valence-corrected chi connectivity index (χ2v) is 4.66. The molecule has 0 spiro atoms. The largest absolute Gasteiger partial charge is 0.299 e. The van der Waals surface area contributed by atoms with E-state index in [2.05, 4.69) is 4.98 Å². The Morgan fingerprint density at radius 2 is 2.14 bits per heavy atom. The van der Waals surface area contributed by atoms with Crippen LogP contribution in [0.5, 0.6) is 0 Å². The highest BCUT2D eigenvalue weighted by molar-refractivity contribution is 6.30. The van der Waals surface area contributed by atoms with Gasteiger partial charge in [-0.05, 0) is 11.6 Å². The second-order valence-electron chi connectivity index (χ2n) is 4.30. The number of carbonyl (C=O) groups is 1. The van der Waals surface area contributed by atoms with Gasteiger partial charge in [0.25, 0.3) is 0 Å². The first-order valence-electron chi connectivity index (χ1n) is 4.54. The predicted molar refractivity (Wildman–Crippen MR) is 57.4 cm³/mol. The van der Waals surface area contributed by atoms with E-state index in [0.717, 1.165) is 5.56 Å². The zero-order valence-electron chi connectivity index (χ0n) is 8.67. The van der Waals surface area contributed by atoms with Gasteiger partial charge in [-0.25, -0.2) is 4.98 Å². The van der Waals surface area contributed by atoms with E-state index >= 15 is 0 Å². The molecule has 14 heavy (non-hydrogen) atoms. The van der Waals surface area contributed by atoms with Crippen LogP contribution in [0.15, 0.2) is 18.3 Å². The average molecular weight is 212 g/mol. The van der Waals surface area contributed by atoms with E-state index < -0.39 is 0 Å². The van der Waals surface area contributed by atoms with E-state index in [1.165, 1.54) is 0 Å². The molecule has 1 aromatic heterocycles. The van der Waals surface area contributed by atoms with Crippen LogP contribution in [-0.4, -0.2) is 10.8 Å². The summed E-state index contributed by atoms with van der Waals surface area (Å²) in [5, 5.41) is 0.421. The van der Waals surface area contributed by atoms with Crippen molar-refractivity contribution in [3.63, 3.8) is 0 Å². The minimum Gasteiger partial charge on any atom is -0.299 e. The molecule has 1 rings (SSSR count). The first-order valence-corrected chi connectivity index (χ1v) is 4.92. The SMILES string of the molecule is CC(C)(C)C(=O)Cc1cccnc1Cl. The number of carbonyl (C=O) groups excluding carboxylic acids is 1. The maximum atomic E-state index is 11.7. The third-order valence-electron chi connectivity index (χ3n) is 2.02. The van der Waals surface area contributed by atoms with E-state index in [9.17, 15) is 4.79 Å². The fraction of sp³-hybridized carbons (Fsp3) is 0.455. The van der Waals surface area contributed by atoms with Gasteiger partial charge in [-0.2, -0.15) is 0 Å². The lowest BCUT2D eigenvalue weighted by atomic mass is 9.87. The molecule has 3 heteroatoms. The first kappa shape index (κ1) is 11.2. The molecule has 1 aromatic rings. The van der Waals surface area contributed by atoms with Crippen LogP contribution >= 0.6 is 11.6 Å². The minimum absolute atomic E-state index is 0.174. The standard InChI is InChI=1S/C11H14ClNO/c1-11(2,3)9(14)7-8-5-4-6-13-10(8)12/h4-6H,7H2,1-3H3. The molecule has 0 aliphatic rings. The molecular weight excluding hydrogens is 198 g/mol. The lowest BCUT2D eigenvalue weighted by molar-refractivity contribution is -0.125. The third kappa shape index (κ3) is 2.81. The zero-order chi connectivity index (χ0) is 10.8. The number of hydrogen-bond acceptors (Lipinski definition) is 2. The molecule has 0 aliphatic carbocycles. The van der Waals surface area contributed by atoms with Crippen LogP contribution in [0.2, 0.25) is 5.15 Å². The minimum atomic E-state index is -0.320. The summed E-state index contributed by atoms with van der Waals surface area (Å²) in [4.78, 5) is 15.6. The summed E-state index contributed by atoms with van der Waals surface area (Å²) in [5.74, 6) is 0.174. The summed E-state index contributed by atoms with van der Waals surface area (Å²) in [6.07, 6.45) is 1.98. The Labute approximate surface area is 89.3 Å². The number of rotatable bonds is 2. The van der Waals surface area contributed by atoms with E-state index in [1.807, 2.05) is 26.8 Å². The van der Waals surface area contributed by atoms with Crippen LogP contribution in [-0.2, 0) is 11.2 Å². The van der Waals surface area contributed by atoms with Crippen LogP contribution in [0.4, 0.5) is 0 Å². The molecule has 0 atom stereocenters. The maximum Gasteiger partial charge on any atom is 0.142 e. The second kappa shape index (κ2) is 4.09. The molecule has 0 saturated carbocycles. The highest BCUT2D eigenvalue weighted by atomic mass is 35.5. The number of pyridine rings is 1. The number of ketones is 1. The molecule has 0 aliphatic heterocycles. The van der Waals surface area contributed by atoms with Crippen LogP contribution in [0.25, 0.3) is 0 Å². The summed E-state index contributed by atoms with van der Waals surface area (Å²) < 4.78 is 0. The Hall–Kier alpha value is -0.890. The van der Waals surface area contributed by atoms with Crippen molar-refractivity contribution in [1.82, 2.24) is 4.98 Å². The molecular formula is C11H14ClNO. The third-order valence-corrected chi connectivity index (χ3v) is 2.36. The molecule has 2 nitrogen and oxygen atoms in total. The monoisotopic (exact) mass is 211 g/mol. The van der Waals surface area contributed by atoms with Crippen molar-refractivity contribution in [2.24, 2.45) is 5.41 Å². The zero-order valence-corrected chi connectivity index (χ0v) is 9.43. The quantitative estimate of drug-likeness (QED) is 0.705. The van der Waals surface area contributed by atoms with E-state index in [0.29, 0.717) is 11.6 Å². The number of halogens is 1. The van der Waals surface area contributed by atoms with Crippen molar-refractivity contribution in [2.45, 2.75) is 27.2 Å². The molecule has 0 unspecified atom stereocenters. The van der Waals surface area contributed by atoms with Crippen molar-refractivity contribution in [1.29, 1.82) is 0 Å². The van der Waals surface area contributed by atoms with Crippen LogP contribution < -0.4 is 0 Å². The van der Waals surface area contributed by atoms with Crippen LogP contribution in [0.1, 0.15) is 26.3 Å². The summed E-state index contributed by atoms with van der Waals surface area (Å²) in [7, 11) is 0. The number of hydrogen-bond donors (Lipinski definition) is 0. The number of aromatic nitrogens is 1. The first-order chi connectivity index (χ1) is 6.41. The van der Waals surface area contributed by atoms with Gasteiger partial charge in [0.05, 0.1) is 0 Å². The fourth-order valence-electron chi connectivity index (χ4n) is 0.989. The summed E-state index contributed by atoms with van der Waals surface area (Å²) in [6.45, 7) is 5.71. The molecule has 0 fully saturated rings. The van der Waals surface area contributed by atoms with Crippen molar-refractivity contribution >= 4 is 17.4 Å². The molecule has 0 saturated heterocycles. The molecule has 0 amide bonds. The normalized spacial score (nSPS) is 11.4. The highest BCUT2D eigenvalue weighted by Crippen LogP contribution is 2.20. The molecule has 1 heterocycles. The van der Waals surface area contributed by atoms with E-state index in [4.69, 9.17) is 11.6 Å². The van der Waals surface area contributed by atoms with Gasteiger partial charge in [-0.3, -0.25) is 4.79 Å². The van der Waals surface area contributed by atoms with E-state index in [-0.39, 0.29) is 11.2 Å². The summed E-state index contributed by atoms with van der Waals surface area (Å²) in [6, 6.07) is 3.62. The molecule has 0 N–H and O–H groups in total. The fourth-order valence-corrected chi connectivity index (χ4v) is 1.18. The Bertz CT molecular complexity index is 341. The van der Waals surface area contributed by atoms with Gasteiger partial charge in [0, 0.05) is 18.0 Å². The van der Waals surface area contributed by atoms with Crippen molar-refractivity contribution < 1.29 is 4.79 Å². The van der Waals surface area contributed by atoms with Gasteiger partial charge in [-0.15, -0.1) is 0 Å². The van der Waals surface area contributed by atoms with Gasteiger partial charge in [0.2, 0.25) is 0 Å². The van der Waals surface area contributed by atoms with Gasteiger partial charge >= 0.3 is 0 Å². The molecule has 0 aromatic carbocycles. The van der Waals surface area contributed by atoms with Crippen molar-refractivity contribution in [2.75, 3.05) is 0 Å². The Kier molecular flexibility index (Phi) is 3.27. The van der Waals surface area contributed by atoms with Crippen molar-refractivity contribution in [3.8, 4) is 0 Å². The molecule has 0 radical (unpaired) electrons. The van der Waals surface area contributed by atoms with E-state index in [1.54, 1.807) is 12.3 Å². The van der Waals surface area contributed by atoms with Gasteiger partial charge < -0.3 is 0 Å². The molecule has 0 bridgehead atoms. The predicted octanol–water partition coefficient (Wildman–Crippen LogP) is 2.89. The maximum absolute atomic E-state index is 11.7. The smallest absolute Gasteiger partial charge is 0.142 e. The molecule has 76 valence electrons. The number of nitrogens with zero attached hydrogens (tertiary/aromatic N) is 1. The van der Waals surface area contributed by atoms with Gasteiger partial charge in [0.15, 0.2) is 0 Å². The van der Waals surface area contributed by atoms with Crippen molar-refractivity contribution in [3.05, 3.63) is 29.0 Å². The Morgan fingerprint density at radius 1 is 1.50 bits per heavy atom. The lowest BCUT2D eigenvalue weighted by Crippen LogP contribution is -2.22. The topological polar surface area (TPSA) is 30.0 Å². The highest BCUT2D eigenvalue weighted by Gasteiger charge is 2.21. The summed E-state index contributed by atoms with van der Waals surface area (Å²) in [5.41, 5.74) is 0.480. The van der Waals surface area contributed by atoms with Gasteiger partial charge in [-0.1, -0.05) is 38.4 Å². The Morgan fingerprint density at radius 3 is 2.64 bits per heavy atom. The lowest BCUT2D eigenvalue weighted by Gasteiger charge is -2.16. The van der Waals surface area contributed by atoms with Gasteiger partial charge in [0.1, 0.15) is 10.9 Å². The number of Topliss-reactive ketones (excluding diaryl/α,β-unsaturated/α-hetero) is 1. The van der Waals surface area contributed by atoms with Crippen LogP contribution in [0.3, 0.4) is 0 Å². The summed E-state index contributed by atoms with van der Waals surface area (Å²) >= 11 is 5.86. The average Bonchev–Trinajstić information content (AvgIpc) is 2.07.